The topological polar surface area (TPSA) is 87.2 Å². The van der Waals surface area contributed by atoms with E-state index in [9.17, 15) is 9.59 Å². The number of hydrogen-bond acceptors (Lipinski definition) is 6. The van der Waals surface area contributed by atoms with Crippen molar-refractivity contribution in [3.8, 4) is 0 Å². The minimum atomic E-state index is -0.0714. The van der Waals surface area contributed by atoms with Crippen LogP contribution in [0, 0.1) is 19.8 Å². The summed E-state index contributed by atoms with van der Waals surface area (Å²) >= 11 is 1.36. The molecular formula is C23H31N5O2S. The maximum atomic E-state index is 12.3. The van der Waals surface area contributed by atoms with Crippen molar-refractivity contribution in [2.75, 3.05) is 35.6 Å². The molecule has 2 N–H and O–H groups in total. The number of benzene rings is 1. The first-order chi connectivity index (χ1) is 14.9. The van der Waals surface area contributed by atoms with Crippen LogP contribution in [-0.4, -0.2) is 47.4 Å². The Bertz CT molecular complexity index is 883. The maximum Gasteiger partial charge on any atom is 0.234 e. The number of carbonyl (C=O) groups is 2. The normalized spacial score (nSPS) is 16.1. The van der Waals surface area contributed by atoms with Crippen molar-refractivity contribution in [2.45, 2.75) is 45.1 Å². The number of nitrogens with one attached hydrogen (secondary N) is 2. The Labute approximate surface area is 188 Å². The second-order valence-electron chi connectivity index (χ2n) is 8.02. The summed E-state index contributed by atoms with van der Waals surface area (Å²) in [6.45, 7) is 8.33. The van der Waals surface area contributed by atoms with Crippen LogP contribution in [0.15, 0.2) is 35.4 Å². The first-order valence-corrected chi connectivity index (χ1v) is 11.8. The fraction of sp³-hybridized carbons (Fsp3) is 0.478. The van der Waals surface area contributed by atoms with Crippen LogP contribution in [0.3, 0.4) is 0 Å². The van der Waals surface area contributed by atoms with Gasteiger partial charge in [0.15, 0.2) is 5.82 Å². The van der Waals surface area contributed by atoms with Crippen LogP contribution in [0.4, 0.5) is 11.5 Å². The van der Waals surface area contributed by atoms with Crippen LogP contribution in [0.5, 0.6) is 0 Å². The number of aromatic nitrogens is 2. The molecule has 0 spiro atoms. The van der Waals surface area contributed by atoms with E-state index in [1.807, 2.05) is 38.1 Å². The lowest BCUT2D eigenvalue weighted by Crippen LogP contribution is -2.43. The minimum Gasteiger partial charge on any atom is -0.356 e. The van der Waals surface area contributed by atoms with Gasteiger partial charge in [-0.3, -0.25) is 9.59 Å². The Hall–Kier alpha value is -2.61. The smallest absolute Gasteiger partial charge is 0.234 e. The van der Waals surface area contributed by atoms with E-state index in [2.05, 4.69) is 38.7 Å². The molecule has 2 heterocycles. The number of rotatable bonds is 8. The molecule has 7 nitrogen and oxygen atoms in total. The second kappa shape index (κ2) is 11.1. The van der Waals surface area contributed by atoms with Crippen molar-refractivity contribution in [1.82, 2.24) is 15.5 Å². The van der Waals surface area contributed by atoms with Crippen LogP contribution in [-0.2, 0) is 9.59 Å². The molecule has 0 unspecified atom stereocenters. The van der Waals surface area contributed by atoms with Crippen LogP contribution >= 0.6 is 11.8 Å². The van der Waals surface area contributed by atoms with Crippen molar-refractivity contribution < 1.29 is 9.59 Å². The van der Waals surface area contributed by atoms with Gasteiger partial charge in [-0.2, -0.15) is 0 Å². The summed E-state index contributed by atoms with van der Waals surface area (Å²) in [5.74, 6) is 1.09. The first-order valence-electron chi connectivity index (χ1n) is 10.8. The van der Waals surface area contributed by atoms with Gasteiger partial charge >= 0.3 is 0 Å². The summed E-state index contributed by atoms with van der Waals surface area (Å²) < 4.78 is 0. The molecule has 0 aliphatic carbocycles. The molecule has 1 atom stereocenters. The largest absolute Gasteiger partial charge is 0.356 e. The van der Waals surface area contributed by atoms with Gasteiger partial charge in [-0.05, 0) is 68.5 Å². The van der Waals surface area contributed by atoms with E-state index in [4.69, 9.17) is 0 Å². The van der Waals surface area contributed by atoms with Gasteiger partial charge < -0.3 is 15.5 Å². The van der Waals surface area contributed by atoms with Gasteiger partial charge in [0.05, 0.1) is 11.7 Å². The number of amides is 2. The SMILES string of the molecule is CCCNC(=O)[C@H]1CCCN(c2ccc(SCC(=O)Nc3cc(C)cc(C)c3)nn2)C1. The van der Waals surface area contributed by atoms with Crippen LogP contribution in [0.25, 0.3) is 0 Å². The fourth-order valence-electron chi connectivity index (χ4n) is 3.73. The highest BCUT2D eigenvalue weighted by Gasteiger charge is 2.26. The van der Waals surface area contributed by atoms with Crippen molar-refractivity contribution in [3.63, 3.8) is 0 Å². The zero-order chi connectivity index (χ0) is 22.2. The Morgan fingerprint density at radius 3 is 2.61 bits per heavy atom. The second-order valence-corrected chi connectivity index (χ2v) is 9.01. The fourth-order valence-corrected chi connectivity index (χ4v) is 4.35. The summed E-state index contributed by atoms with van der Waals surface area (Å²) in [7, 11) is 0. The Morgan fingerprint density at radius 2 is 1.94 bits per heavy atom. The lowest BCUT2D eigenvalue weighted by atomic mass is 9.97. The molecule has 1 fully saturated rings. The van der Waals surface area contributed by atoms with Crippen molar-refractivity contribution >= 4 is 35.1 Å². The molecule has 1 aromatic carbocycles. The number of carbonyl (C=O) groups excluding carboxylic acids is 2. The number of aryl methyl sites for hydroxylation is 2. The third kappa shape index (κ3) is 6.95. The van der Waals surface area contributed by atoms with Gasteiger partial charge in [0.2, 0.25) is 11.8 Å². The molecule has 0 saturated carbocycles. The van der Waals surface area contributed by atoms with Crippen LogP contribution in [0.2, 0.25) is 0 Å². The lowest BCUT2D eigenvalue weighted by molar-refractivity contribution is -0.125. The monoisotopic (exact) mass is 441 g/mol. The first kappa shape index (κ1) is 23.1. The number of nitrogens with zero attached hydrogens (tertiary/aromatic N) is 3. The van der Waals surface area contributed by atoms with E-state index in [-0.39, 0.29) is 23.5 Å². The summed E-state index contributed by atoms with van der Waals surface area (Å²) in [4.78, 5) is 26.7. The summed E-state index contributed by atoms with van der Waals surface area (Å²) in [6.07, 6.45) is 2.80. The van der Waals surface area contributed by atoms with Gasteiger partial charge in [-0.25, -0.2) is 0 Å². The van der Waals surface area contributed by atoms with E-state index in [1.165, 1.54) is 11.8 Å². The highest BCUT2D eigenvalue weighted by molar-refractivity contribution is 7.99. The van der Waals surface area contributed by atoms with Gasteiger partial charge in [0.25, 0.3) is 0 Å². The summed E-state index contributed by atoms with van der Waals surface area (Å²) in [5.41, 5.74) is 3.05. The van der Waals surface area contributed by atoms with Crippen molar-refractivity contribution in [1.29, 1.82) is 0 Å². The molecule has 2 aromatic rings. The molecular weight excluding hydrogens is 410 g/mol. The molecule has 1 aliphatic rings. The maximum absolute atomic E-state index is 12.3. The molecule has 0 radical (unpaired) electrons. The predicted molar refractivity (Wildman–Crippen MR) is 126 cm³/mol. The van der Waals surface area contributed by atoms with E-state index in [0.717, 1.165) is 55.0 Å². The molecule has 1 saturated heterocycles. The molecule has 1 aliphatic heterocycles. The highest BCUT2D eigenvalue weighted by Crippen LogP contribution is 2.23. The Morgan fingerprint density at radius 1 is 1.16 bits per heavy atom. The molecule has 1 aromatic heterocycles. The van der Waals surface area contributed by atoms with E-state index in [1.54, 1.807) is 0 Å². The molecule has 166 valence electrons. The van der Waals surface area contributed by atoms with Crippen LogP contribution in [0.1, 0.15) is 37.3 Å². The van der Waals surface area contributed by atoms with Crippen molar-refractivity contribution in [3.05, 3.63) is 41.5 Å². The van der Waals surface area contributed by atoms with Gasteiger partial charge in [0, 0.05) is 25.3 Å². The number of anilines is 2. The number of hydrogen-bond donors (Lipinski definition) is 2. The quantitative estimate of drug-likeness (QED) is 0.609. The lowest BCUT2D eigenvalue weighted by Gasteiger charge is -2.32. The Kier molecular flexibility index (Phi) is 8.28. The minimum absolute atomic E-state index is 0.00916. The summed E-state index contributed by atoms with van der Waals surface area (Å²) in [6, 6.07) is 9.79. The van der Waals surface area contributed by atoms with Crippen molar-refractivity contribution in [2.24, 2.45) is 5.92 Å². The van der Waals surface area contributed by atoms with E-state index >= 15 is 0 Å². The number of thioether (sulfide) groups is 1. The third-order valence-electron chi connectivity index (χ3n) is 5.15. The predicted octanol–water partition coefficient (Wildman–Crippen LogP) is 3.57. The average molecular weight is 442 g/mol. The van der Waals surface area contributed by atoms with Crippen LogP contribution < -0.4 is 15.5 Å². The molecule has 31 heavy (non-hydrogen) atoms. The average Bonchev–Trinajstić information content (AvgIpc) is 2.76. The number of piperidine rings is 1. The molecule has 2 amide bonds. The van der Waals surface area contributed by atoms with Gasteiger partial charge in [-0.15, -0.1) is 10.2 Å². The molecule has 3 rings (SSSR count). The van der Waals surface area contributed by atoms with E-state index in [0.29, 0.717) is 11.6 Å². The molecule has 0 bridgehead atoms. The standard InChI is InChI=1S/C23H31N5O2S/c1-4-9-24-23(30)18-6-5-10-28(14-18)20-7-8-22(27-26-20)31-15-21(29)25-19-12-16(2)11-17(3)13-19/h7-8,11-13,18H,4-6,9-10,14-15H2,1-3H3,(H,24,30)(H,25,29)/t18-/m0/s1. The van der Waals surface area contributed by atoms with E-state index < -0.39 is 0 Å². The Balaban J connectivity index is 1.50. The summed E-state index contributed by atoms with van der Waals surface area (Å²) in [5, 5.41) is 15.2. The zero-order valence-corrected chi connectivity index (χ0v) is 19.3. The van der Waals surface area contributed by atoms with Gasteiger partial charge in [0.1, 0.15) is 5.03 Å². The van der Waals surface area contributed by atoms with Gasteiger partial charge in [-0.1, -0.05) is 24.8 Å². The third-order valence-corrected chi connectivity index (χ3v) is 6.07. The highest BCUT2D eigenvalue weighted by atomic mass is 32.2. The molecule has 8 heteroatoms. The zero-order valence-electron chi connectivity index (χ0n) is 18.5.